The molecule has 0 N–H and O–H groups in total. The number of alkyl halides is 6. The van der Waals surface area contributed by atoms with Gasteiger partial charge in [0.05, 0.1) is 6.61 Å². The molecule has 10 heteroatoms. The third kappa shape index (κ3) is 7.69. The van der Waals surface area contributed by atoms with Gasteiger partial charge in [-0.1, -0.05) is 12.1 Å². The van der Waals surface area contributed by atoms with Gasteiger partial charge in [0.1, 0.15) is 11.5 Å². The van der Waals surface area contributed by atoms with Crippen LogP contribution in [-0.4, -0.2) is 29.5 Å². The normalized spacial score (nSPS) is 13.3. The van der Waals surface area contributed by atoms with Crippen molar-refractivity contribution in [3.05, 3.63) is 53.1 Å². The second-order valence-corrected chi connectivity index (χ2v) is 7.70. The lowest BCUT2D eigenvalue weighted by Crippen LogP contribution is -2.23. The van der Waals surface area contributed by atoms with Crippen molar-refractivity contribution in [3.8, 4) is 11.5 Å². The minimum absolute atomic E-state index is 0.0524. The van der Waals surface area contributed by atoms with Crippen LogP contribution in [0.1, 0.15) is 16.7 Å². The number of hydrogen-bond donors (Lipinski definition) is 0. The second-order valence-electron chi connectivity index (χ2n) is 6.28. The lowest BCUT2D eigenvalue weighted by atomic mass is 10.1. The Balaban J connectivity index is 2.00. The molecule has 2 rings (SSSR count). The third-order valence-corrected chi connectivity index (χ3v) is 5.34. The molecule has 0 aliphatic carbocycles. The quantitative estimate of drug-likeness (QED) is 0.422. The summed E-state index contributed by atoms with van der Waals surface area (Å²) in [7, 11) is 0. The highest BCUT2D eigenvalue weighted by Crippen LogP contribution is 2.30. The van der Waals surface area contributed by atoms with E-state index in [-0.39, 0.29) is 17.3 Å². The van der Waals surface area contributed by atoms with Gasteiger partial charge in [0.25, 0.3) is 0 Å². The number of rotatable bonds is 7. The first-order valence-corrected chi connectivity index (χ1v) is 9.70. The molecule has 0 aliphatic heterocycles. The molecule has 1 unspecified atom stereocenters. The van der Waals surface area contributed by atoms with Gasteiger partial charge in [-0.25, -0.2) is 0 Å². The van der Waals surface area contributed by atoms with Crippen molar-refractivity contribution in [1.82, 2.24) is 0 Å². The Morgan fingerprint density at radius 2 is 1.55 bits per heavy atom. The fourth-order valence-electron chi connectivity index (χ4n) is 2.58. The molecule has 0 heterocycles. The van der Waals surface area contributed by atoms with E-state index in [4.69, 9.17) is 4.74 Å². The van der Waals surface area contributed by atoms with Crippen molar-refractivity contribution in [3.63, 3.8) is 0 Å². The maximum Gasteiger partial charge on any atom is 0.573 e. The van der Waals surface area contributed by atoms with Gasteiger partial charge < -0.3 is 14.0 Å². The maximum absolute atomic E-state index is 12.5. The van der Waals surface area contributed by atoms with E-state index in [0.717, 1.165) is 0 Å². The van der Waals surface area contributed by atoms with E-state index in [1.165, 1.54) is 30.3 Å². The summed E-state index contributed by atoms with van der Waals surface area (Å²) in [6.45, 7) is 3.42. The summed E-state index contributed by atoms with van der Waals surface area (Å²) < 4.78 is 95.4. The van der Waals surface area contributed by atoms with Gasteiger partial charge in [-0.3, -0.25) is 0 Å². The summed E-state index contributed by atoms with van der Waals surface area (Å²) in [6, 6.07) is 8.21. The molecule has 29 heavy (non-hydrogen) atoms. The largest absolute Gasteiger partial charge is 0.611 e. The Morgan fingerprint density at radius 1 is 0.931 bits per heavy atom. The van der Waals surface area contributed by atoms with Gasteiger partial charge >= 0.3 is 12.5 Å². The van der Waals surface area contributed by atoms with E-state index in [1.807, 2.05) is 0 Å². The number of halogens is 6. The molecule has 2 aromatic rings. The SMILES string of the molecule is Cc1cc(C)c([S+]([O-])CC(F)(F)F)cc1OCCc1ccc(OC(F)(F)F)cc1. The molecular formula is C19H18F6O3S. The summed E-state index contributed by atoms with van der Waals surface area (Å²) in [5.41, 5.74) is 1.83. The van der Waals surface area contributed by atoms with Gasteiger partial charge in [0.2, 0.25) is 5.75 Å². The Hall–Kier alpha value is -2.07. The van der Waals surface area contributed by atoms with E-state index in [9.17, 15) is 30.9 Å². The van der Waals surface area contributed by atoms with Gasteiger partial charge in [-0.05, 0) is 54.3 Å². The van der Waals surface area contributed by atoms with Crippen molar-refractivity contribution in [2.75, 3.05) is 12.4 Å². The maximum atomic E-state index is 12.5. The van der Waals surface area contributed by atoms with Gasteiger partial charge in [-0.15, -0.1) is 13.2 Å². The topological polar surface area (TPSA) is 41.5 Å². The molecule has 2 aromatic carbocycles. The molecular weight excluding hydrogens is 422 g/mol. The fraction of sp³-hybridized carbons (Fsp3) is 0.368. The molecule has 1 atom stereocenters. The van der Waals surface area contributed by atoms with Crippen molar-refractivity contribution in [2.24, 2.45) is 0 Å². The van der Waals surface area contributed by atoms with E-state index in [2.05, 4.69) is 4.74 Å². The Morgan fingerprint density at radius 3 is 2.10 bits per heavy atom. The number of benzene rings is 2. The first-order valence-electron chi connectivity index (χ1n) is 8.38. The fourth-order valence-corrected chi connectivity index (χ4v) is 3.69. The summed E-state index contributed by atoms with van der Waals surface area (Å²) in [5.74, 6) is -1.48. The van der Waals surface area contributed by atoms with Crippen LogP contribution in [0.2, 0.25) is 0 Å². The molecule has 0 spiro atoms. The highest BCUT2D eigenvalue weighted by Gasteiger charge is 2.36. The Labute approximate surface area is 166 Å². The summed E-state index contributed by atoms with van der Waals surface area (Å²) >= 11 is -2.25. The average molecular weight is 440 g/mol. The average Bonchev–Trinajstić information content (AvgIpc) is 2.55. The summed E-state index contributed by atoms with van der Waals surface area (Å²) in [4.78, 5) is 0.0524. The molecule has 0 radical (unpaired) electrons. The first kappa shape index (κ1) is 23.2. The molecule has 0 fully saturated rings. The highest BCUT2D eigenvalue weighted by atomic mass is 32.2. The van der Waals surface area contributed by atoms with Crippen LogP contribution in [0, 0.1) is 13.8 Å². The van der Waals surface area contributed by atoms with Crippen LogP contribution < -0.4 is 9.47 Å². The molecule has 0 aliphatic rings. The zero-order chi connectivity index (χ0) is 21.8. The monoisotopic (exact) mass is 440 g/mol. The summed E-state index contributed by atoms with van der Waals surface area (Å²) in [5, 5.41) is 0. The standard InChI is InChI=1S/C19H18F6O3S/c1-12-9-13(2)17(29(26)11-18(20,21)22)10-16(12)27-8-7-14-3-5-15(6-4-14)28-19(23,24)25/h3-6,9-10H,7-8,11H2,1-2H3. The van der Waals surface area contributed by atoms with Crippen LogP contribution in [0.4, 0.5) is 26.3 Å². The smallest absolute Gasteiger partial charge is 0.573 e. The first-order chi connectivity index (χ1) is 13.3. The van der Waals surface area contributed by atoms with Crippen LogP contribution in [0.3, 0.4) is 0 Å². The minimum atomic E-state index is -4.77. The predicted molar refractivity (Wildman–Crippen MR) is 95.6 cm³/mol. The van der Waals surface area contributed by atoms with Crippen molar-refractivity contribution in [1.29, 1.82) is 0 Å². The molecule has 0 bridgehead atoms. The van der Waals surface area contributed by atoms with Crippen LogP contribution in [-0.2, 0) is 17.6 Å². The van der Waals surface area contributed by atoms with Crippen LogP contribution in [0.25, 0.3) is 0 Å². The van der Waals surface area contributed by atoms with E-state index in [1.54, 1.807) is 19.9 Å². The zero-order valence-corrected chi connectivity index (χ0v) is 16.3. The number of aryl methyl sites for hydroxylation is 2. The third-order valence-electron chi connectivity index (χ3n) is 3.82. The predicted octanol–water partition coefficient (Wildman–Crippen LogP) is 5.49. The van der Waals surface area contributed by atoms with Crippen LogP contribution in [0.15, 0.2) is 41.3 Å². The Kier molecular flexibility index (Phi) is 7.34. The van der Waals surface area contributed by atoms with E-state index >= 15 is 0 Å². The van der Waals surface area contributed by atoms with Crippen molar-refractivity contribution < 1.29 is 40.4 Å². The van der Waals surface area contributed by atoms with Crippen molar-refractivity contribution >= 4 is 11.2 Å². The number of hydrogen-bond acceptors (Lipinski definition) is 3. The van der Waals surface area contributed by atoms with Gasteiger partial charge in [-0.2, -0.15) is 13.2 Å². The lowest BCUT2D eigenvalue weighted by molar-refractivity contribution is -0.274. The van der Waals surface area contributed by atoms with Gasteiger partial charge in [0.15, 0.2) is 4.90 Å². The highest BCUT2D eigenvalue weighted by molar-refractivity contribution is 7.91. The lowest BCUT2D eigenvalue weighted by Gasteiger charge is -2.17. The van der Waals surface area contributed by atoms with Gasteiger partial charge in [0, 0.05) is 18.1 Å². The second kappa shape index (κ2) is 9.17. The zero-order valence-electron chi connectivity index (χ0n) is 15.5. The molecule has 0 amide bonds. The van der Waals surface area contributed by atoms with E-state index in [0.29, 0.717) is 28.9 Å². The minimum Gasteiger partial charge on any atom is -0.611 e. The molecule has 0 aromatic heterocycles. The van der Waals surface area contributed by atoms with Crippen LogP contribution >= 0.6 is 0 Å². The van der Waals surface area contributed by atoms with Crippen molar-refractivity contribution in [2.45, 2.75) is 37.7 Å². The van der Waals surface area contributed by atoms with Crippen LogP contribution in [0.5, 0.6) is 11.5 Å². The Bertz CT molecular complexity index is 818. The summed E-state index contributed by atoms with van der Waals surface area (Å²) in [6.07, 6.45) is -8.97. The number of ether oxygens (including phenoxy) is 2. The molecule has 0 saturated heterocycles. The molecule has 0 saturated carbocycles. The molecule has 160 valence electrons. The molecule has 3 nitrogen and oxygen atoms in total. The van der Waals surface area contributed by atoms with E-state index < -0.39 is 29.5 Å².